The average Bonchev–Trinajstić information content (AvgIpc) is 3.19. The number of anilines is 2. The molecule has 4 rings (SSSR count). The molecule has 0 bridgehead atoms. The lowest BCUT2D eigenvalue weighted by atomic mass is 9.98. The zero-order valence-electron chi connectivity index (χ0n) is 20.4. The summed E-state index contributed by atoms with van der Waals surface area (Å²) in [6.45, 7) is 9.88. The quantitative estimate of drug-likeness (QED) is 0.648. The van der Waals surface area contributed by atoms with Gasteiger partial charge in [0.2, 0.25) is 5.91 Å². The summed E-state index contributed by atoms with van der Waals surface area (Å²) in [6.07, 6.45) is 2.77. The van der Waals surface area contributed by atoms with Gasteiger partial charge in [0, 0.05) is 56.7 Å². The molecule has 0 saturated carbocycles. The molecule has 0 spiro atoms. The number of hydrogen-bond acceptors (Lipinski definition) is 7. The van der Waals surface area contributed by atoms with Gasteiger partial charge in [-0.15, -0.1) is 0 Å². The van der Waals surface area contributed by atoms with E-state index in [4.69, 9.17) is 9.72 Å². The Hall–Kier alpha value is -2.87. The second-order valence-electron chi connectivity index (χ2n) is 9.50. The second kappa shape index (κ2) is 9.95. The first kappa shape index (κ1) is 23.3. The highest BCUT2D eigenvalue weighted by atomic mass is 16.5. The molecule has 1 saturated heterocycles. The van der Waals surface area contributed by atoms with Crippen LogP contribution in [0.15, 0.2) is 30.5 Å². The Morgan fingerprint density at radius 1 is 1.24 bits per heavy atom. The molecular weight excluding hydrogens is 416 g/mol. The standard InChI is InChI=1S/C25H36N6O2/c1-17-15-30(16-18(2)31(17)19(3)32)24-9-6-8-23(28-24)22-14-27-25-21(22)12-20(13-26-25)33-11-7-10-29(4)5/h6,8-9,12-13,17-18,22H,7,10-11,14-16H2,1-5H3,(H,26,27). The van der Waals surface area contributed by atoms with Crippen LogP contribution >= 0.6 is 0 Å². The molecule has 8 heteroatoms. The predicted molar refractivity (Wildman–Crippen MR) is 131 cm³/mol. The van der Waals surface area contributed by atoms with Gasteiger partial charge in [-0.05, 0) is 52.6 Å². The molecule has 4 heterocycles. The molecule has 1 amide bonds. The lowest BCUT2D eigenvalue weighted by Gasteiger charge is -2.44. The number of nitrogens with one attached hydrogen (secondary N) is 1. The number of amides is 1. The largest absolute Gasteiger partial charge is 0.492 e. The molecule has 1 fully saturated rings. The van der Waals surface area contributed by atoms with Crippen LogP contribution in [0.25, 0.3) is 0 Å². The molecule has 0 aromatic carbocycles. The minimum Gasteiger partial charge on any atom is -0.492 e. The maximum atomic E-state index is 12.0. The van der Waals surface area contributed by atoms with Crippen molar-refractivity contribution < 1.29 is 9.53 Å². The fourth-order valence-corrected chi connectivity index (χ4v) is 5.04. The molecule has 8 nitrogen and oxygen atoms in total. The van der Waals surface area contributed by atoms with Crippen molar-refractivity contribution in [3.8, 4) is 5.75 Å². The van der Waals surface area contributed by atoms with Crippen LogP contribution in [0, 0.1) is 0 Å². The number of hydrogen-bond donors (Lipinski definition) is 1. The van der Waals surface area contributed by atoms with Crippen LogP contribution in [0.5, 0.6) is 5.75 Å². The van der Waals surface area contributed by atoms with E-state index in [-0.39, 0.29) is 23.9 Å². The molecule has 2 aromatic heterocycles. The molecule has 0 radical (unpaired) electrons. The van der Waals surface area contributed by atoms with Crippen molar-refractivity contribution in [1.29, 1.82) is 0 Å². The molecule has 0 aliphatic carbocycles. The van der Waals surface area contributed by atoms with Crippen LogP contribution in [-0.2, 0) is 4.79 Å². The molecule has 178 valence electrons. The van der Waals surface area contributed by atoms with Gasteiger partial charge in [0.05, 0.1) is 18.5 Å². The van der Waals surface area contributed by atoms with Crippen molar-refractivity contribution >= 4 is 17.5 Å². The number of carbonyl (C=O) groups is 1. The number of aromatic nitrogens is 2. The molecule has 3 unspecified atom stereocenters. The summed E-state index contributed by atoms with van der Waals surface area (Å²) in [5, 5.41) is 3.42. The van der Waals surface area contributed by atoms with Gasteiger partial charge in [0.15, 0.2) is 0 Å². The summed E-state index contributed by atoms with van der Waals surface area (Å²) < 4.78 is 5.96. The van der Waals surface area contributed by atoms with Crippen LogP contribution in [0.4, 0.5) is 11.6 Å². The number of nitrogens with zero attached hydrogens (tertiary/aromatic N) is 5. The highest BCUT2D eigenvalue weighted by molar-refractivity contribution is 5.74. The van der Waals surface area contributed by atoms with Crippen molar-refractivity contribution in [1.82, 2.24) is 19.8 Å². The number of rotatable bonds is 7. The molecule has 2 aliphatic heterocycles. The minimum absolute atomic E-state index is 0.131. The van der Waals surface area contributed by atoms with E-state index < -0.39 is 0 Å². The maximum absolute atomic E-state index is 12.0. The summed E-state index contributed by atoms with van der Waals surface area (Å²) in [5.74, 6) is 2.95. The van der Waals surface area contributed by atoms with Crippen LogP contribution in [0.3, 0.4) is 0 Å². The smallest absolute Gasteiger partial charge is 0.220 e. The van der Waals surface area contributed by atoms with Crippen LogP contribution < -0.4 is 15.0 Å². The monoisotopic (exact) mass is 452 g/mol. The van der Waals surface area contributed by atoms with Gasteiger partial charge >= 0.3 is 0 Å². The van der Waals surface area contributed by atoms with Gasteiger partial charge in [-0.3, -0.25) is 4.79 Å². The highest BCUT2D eigenvalue weighted by Crippen LogP contribution is 2.36. The molecular formula is C25H36N6O2. The van der Waals surface area contributed by atoms with Crippen molar-refractivity contribution in [2.45, 2.75) is 45.2 Å². The van der Waals surface area contributed by atoms with Crippen LogP contribution in [0.2, 0.25) is 0 Å². The van der Waals surface area contributed by atoms with Crippen LogP contribution in [0.1, 0.15) is 44.4 Å². The Labute approximate surface area is 196 Å². The minimum atomic E-state index is 0.131. The molecule has 1 N–H and O–H groups in total. The Balaban J connectivity index is 1.49. The lowest BCUT2D eigenvalue weighted by molar-refractivity contribution is -0.133. The molecule has 33 heavy (non-hydrogen) atoms. The first-order chi connectivity index (χ1) is 15.8. The highest BCUT2D eigenvalue weighted by Gasteiger charge is 2.32. The fourth-order valence-electron chi connectivity index (χ4n) is 5.04. The number of piperazine rings is 1. The van der Waals surface area contributed by atoms with Gasteiger partial charge in [0.1, 0.15) is 17.4 Å². The Bertz CT molecular complexity index is 969. The van der Waals surface area contributed by atoms with Crippen molar-refractivity contribution in [2.75, 3.05) is 57.1 Å². The fraction of sp³-hybridized carbons (Fsp3) is 0.560. The van der Waals surface area contributed by atoms with E-state index >= 15 is 0 Å². The zero-order valence-corrected chi connectivity index (χ0v) is 20.4. The van der Waals surface area contributed by atoms with Crippen molar-refractivity contribution in [3.05, 3.63) is 41.7 Å². The Morgan fingerprint density at radius 2 is 2.00 bits per heavy atom. The van der Waals surface area contributed by atoms with Crippen LogP contribution in [-0.4, -0.2) is 84.6 Å². The predicted octanol–water partition coefficient (Wildman–Crippen LogP) is 2.81. The number of fused-ring (bicyclic) bond motifs is 1. The lowest BCUT2D eigenvalue weighted by Crippen LogP contribution is -2.58. The number of ether oxygens (including phenoxy) is 1. The summed E-state index contributed by atoms with van der Waals surface area (Å²) >= 11 is 0. The average molecular weight is 453 g/mol. The third-order valence-electron chi connectivity index (χ3n) is 6.48. The van der Waals surface area contributed by atoms with Crippen molar-refractivity contribution in [2.24, 2.45) is 0 Å². The van der Waals surface area contributed by atoms with Gasteiger partial charge < -0.3 is 24.8 Å². The summed E-state index contributed by atoms with van der Waals surface area (Å²) in [4.78, 5) is 28.1. The normalized spacial score (nSPS) is 22.3. The van der Waals surface area contributed by atoms with Gasteiger partial charge in [-0.2, -0.15) is 0 Å². The van der Waals surface area contributed by atoms with E-state index in [1.54, 1.807) is 13.1 Å². The third-order valence-corrected chi connectivity index (χ3v) is 6.48. The maximum Gasteiger partial charge on any atom is 0.220 e. The van der Waals surface area contributed by atoms with Gasteiger partial charge in [-0.25, -0.2) is 9.97 Å². The number of carbonyl (C=O) groups excluding carboxylic acids is 1. The van der Waals surface area contributed by atoms with Crippen molar-refractivity contribution in [3.63, 3.8) is 0 Å². The van der Waals surface area contributed by atoms with E-state index in [2.05, 4.69) is 72.3 Å². The zero-order chi connectivity index (χ0) is 23.5. The summed E-state index contributed by atoms with van der Waals surface area (Å²) in [5.41, 5.74) is 2.16. The van der Waals surface area contributed by atoms with E-state index in [0.29, 0.717) is 6.61 Å². The van der Waals surface area contributed by atoms with Gasteiger partial charge in [-0.1, -0.05) is 6.07 Å². The third kappa shape index (κ3) is 5.21. The first-order valence-corrected chi connectivity index (χ1v) is 11.9. The van der Waals surface area contributed by atoms with E-state index in [1.807, 2.05) is 4.90 Å². The SMILES string of the molecule is CC(=O)N1C(C)CN(c2cccc(C3CNc4ncc(OCCCN(C)C)cc43)n2)CC1C. The Morgan fingerprint density at radius 3 is 2.70 bits per heavy atom. The summed E-state index contributed by atoms with van der Waals surface area (Å²) in [7, 11) is 4.14. The van der Waals surface area contributed by atoms with E-state index in [0.717, 1.165) is 61.2 Å². The second-order valence-corrected chi connectivity index (χ2v) is 9.50. The molecule has 2 aliphatic rings. The molecule has 2 aromatic rings. The summed E-state index contributed by atoms with van der Waals surface area (Å²) in [6, 6.07) is 8.65. The Kier molecular flexibility index (Phi) is 7.02. The topological polar surface area (TPSA) is 73.8 Å². The van der Waals surface area contributed by atoms with E-state index in [9.17, 15) is 4.79 Å². The van der Waals surface area contributed by atoms with E-state index in [1.165, 1.54) is 0 Å². The van der Waals surface area contributed by atoms with Gasteiger partial charge in [0.25, 0.3) is 0 Å². The first-order valence-electron chi connectivity index (χ1n) is 11.9. The molecule has 3 atom stereocenters. The number of pyridine rings is 2.